The number of hydrogen-bond acceptors (Lipinski definition) is 7. The topological polar surface area (TPSA) is 105 Å². The van der Waals surface area contributed by atoms with Crippen molar-refractivity contribution in [2.45, 2.75) is 34.3 Å². The van der Waals surface area contributed by atoms with Crippen molar-refractivity contribution in [2.75, 3.05) is 23.3 Å². The number of hydrogen-bond donors (Lipinski definition) is 2. The molecule has 5 rings (SSSR count). The zero-order valence-corrected chi connectivity index (χ0v) is 25.5. The minimum Gasteiger partial charge on any atom is -0.489 e. The van der Waals surface area contributed by atoms with Crippen molar-refractivity contribution < 1.29 is 14.3 Å². The molecular formula is C35H38N6O3. The molecule has 0 radical (unpaired) electrons. The number of aromatic nitrogens is 4. The molecule has 226 valence electrons. The molecule has 9 nitrogen and oxygen atoms in total. The maximum Gasteiger partial charge on any atom is 0.417 e. The minimum atomic E-state index is -0.582. The molecular weight excluding hydrogens is 552 g/mol. The molecule has 9 heteroatoms. The summed E-state index contributed by atoms with van der Waals surface area (Å²) in [4.78, 5) is 15.6. The molecule has 5 aromatic rings. The van der Waals surface area contributed by atoms with Gasteiger partial charge in [-0.25, -0.2) is 4.79 Å². The fourth-order valence-corrected chi connectivity index (χ4v) is 5.03. The zero-order valence-electron chi connectivity index (χ0n) is 25.5. The molecule has 44 heavy (non-hydrogen) atoms. The normalized spacial score (nSPS) is 11.0. The molecule has 0 fully saturated rings. The number of nitrogens with zero attached hydrogens (tertiary/aromatic N) is 4. The summed E-state index contributed by atoms with van der Waals surface area (Å²) in [6, 6.07) is 30.9. The molecule has 0 saturated heterocycles. The van der Waals surface area contributed by atoms with Gasteiger partial charge in [-0.05, 0) is 70.1 Å². The van der Waals surface area contributed by atoms with Crippen LogP contribution in [0.2, 0.25) is 0 Å². The van der Waals surface area contributed by atoms with Crippen LogP contribution in [-0.2, 0) is 6.61 Å². The maximum absolute atomic E-state index is 13.3. The van der Waals surface area contributed by atoms with Crippen LogP contribution in [0.25, 0.3) is 22.5 Å². The van der Waals surface area contributed by atoms with E-state index in [1.165, 1.54) is 0 Å². The summed E-state index contributed by atoms with van der Waals surface area (Å²) >= 11 is 0. The number of anilines is 2. The number of carbonyl (C=O) groups excluding carboxylic acids is 1. The number of ether oxygens (including phenoxy) is 2. The Morgan fingerprint density at radius 3 is 2.14 bits per heavy atom. The maximum atomic E-state index is 13.3. The van der Waals surface area contributed by atoms with Crippen molar-refractivity contribution in [1.29, 1.82) is 0 Å². The highest BCUT2D eigenvalue weighted by atomic mass is 16.6. The number of rotatable bonds is 12. The summed E-state index contributed by atoms with van der Waals surface area (Å²) in [7, 11) is 0. The molecule has 0 aliphatic heterocycles. The van der Waals surface area contributed by atoms with E-state index in [4.69, 9.17) is 9.47 Å². The van der Waals surface area contributed by atoms with Gasteiger partial charge in [0, 0.05) is 18.7 Å². The SMILES string of the molecule is CC(C)CN(CC(C)C)c1ccc(-c2ccccc2-c2nn[nH]n2)cc1NC(=O)Oc1ccc(OCc2ccccc2)cc1. The first-order chi connectivity index (χ1) is 21.4. The highest BCUT2D eigenvalue weighted by Crippen LogP contribution is 2.36. The smallest absolute Gasteiger partial charge is 0.417 e. The van der Waals surface area contributed by atoms with Crippen molar-refractivity contribution >= 4 is 17.5 Å². The van der Waals surface area contributed by atoms with E-state index in [1.54, 1.807) is 24.3 Å². The number of aromatic amines is 1. The number of carbonyl (C=O) groups is 1. The highest BCUT2D eigenvalue weighted by Gasteiger charge is 2.19. The van der Waals surface area contributed by atoms with Gasteiger partial charge >= 0.3 is 6.09 Å². The van der Waals surface area contributed by atoms with Gasteiger partial charge in [0.25, 0.3) is 0 Å². The number of benzene rings is 4. The van der Waals surface area contributed by atoms with E-state index >= 15 is 0 Å². The molecule has 4 aromatic carbocycles. The van der Waals surface area contributed by atoms with Crippen molar-refractivity contribution in [3.8, 4) is 34.0 Å². The van der Waals surface area contributed by atoms with E-state index in [0.29, 0.717) is 41.5 Å². The molecule has 0 aliphatic carbocycles. The summed E-state index contributed by atoms with van der Waals surface area (Å²) in [5, 5.41) is 17.6. The Labute approximate surface area is 258 Å². The summed E-state index contributed by atoms with van der Waals surface area (Å²) in [5.74, 6) is 2.45. The molecule has 1 amide bonds. The summed E-state index contributed by atoms with van der Waals surface area (Å²) in [6.07, 6.45) is -0.582. The third-order valence-corrected chi connectivity index (χ3v) is 6.85. The lowest BCUT2D eigenvalue weighted by molar-refractivity contribution is 0.215. The first kappa shape index (κ1) is 30.3. The largest absolute Gasteiger partial charge is 0.489 e. The van der Waals surface area contributed by atoms with Gasteiger partial charge in [0.15, 0.2) is 0 Å². The molecule has 0 saturated carbocycles. The van der Waals surface area contributed by atoms with Crippen LogP contribution in [0.15, 0.2) is 97.1 Å². The minimum absolute atomic E-state index is 0.413. The van der Waals surface area contributed by atoms with Crippen molar-refractivity contribution in [2.24, 2.45) is 11.8 Å². The molecule has 0 spiro atoms. The van der Waals surface area contributed by atoms with Crippen molar-refractivity contribution in [3.63, 3.8) is 0 Å². The molecule has 0 aliphatic rings. The lowest BCUT2D eigenvalue weighted by atomic mass is 9.98. The number of amides is 1. The Morgan fingerprint density at radius 2 is 1.48 bits per heavy atom. The van der Waals surface area contributed by atoms with Gasteiger partial charge in [-0.15, -0.1) is 10.2 Å². The Hall–Kier alpha value is -5.18. The van der Waals surface area contributed by atoms with E-state index in [2.05, 4.69) is 70.7 Å². The lowest BCUT2D eigenvalue weighted by Gasteiger charge is -2.30. The molecule has 0 bridgehead atoms. The first-order valence-corrected chi connectivity index (χ1v) is 14.8. The second-order valence-electron chi connectivity index (χ2n) is 11.5. The second-order valence-corrected chi connectivity index (χ2v) is 11.5. The van der Waals surface area contributed by atoms with Crippen LogP contribution in [0.5, 0.6) is 11.5 Å². The fraction of sp³-hybridized carbons (Fsp3) is 0.257. The number of H-pyrrole nitrogens is 1. The van der Waals surface area contributed by atoms with E-state index in [1.807, 2.05) is 60.7 Å². The van der Waals surface area contributed by atoms with Crippen LogP contribution in [0, 0.1) is 11.8 Å². The summed E-state index contributed by atoms with van der Waals surface area (Å²) in [5.41, 5.74) is 5.31. The highest BCUT2D eigenvalue weighted by molar-refractivity contribution is 5.94. The van der Waals surface area contributed by atoms with Crippen LogP contribution >= 0.6 is 0 Å². The van der Waals surface area contributed by atoms with E-state index in [9.17, 15) is 4.79 Å². The third kappa shape index (κ3) is 8.01. The quantitative estimate of drug-likeness (QED) is 0.152. The van der Waals surface area contributed by atoms with Crippen LogP contribution in [-0.4, -0.2) is 39.8 Å². The monoisotopic (exact) mass is 590 g/mol. The average Bonchev–Trinajstić information content (AvgIpc) is 3.56. The lowest BCUT2D eigenvalue weighted by Crippen LogP contribution is -2.32. The standard InChI is InChI=1S/C35H38N6O3/c1-24(2)21-41(22-25(3)4)33-19-14-27(30-12-8-9-13-31(30)34-37-39-40-38-34)20-32(33)36-35(42)44-29-17-15-28(16-18-29)43-23-26-10-6-5-7-11-26/h5-20,24-25H,21-23H2,1-4H3,(H,36,42)(H,37,38,39,40). The summed E-state index contributed by atoms with van der Waals surface area (Å²) in [6.45, 7) is 10.9. The predicted octanol–water partition coefficient (Wildman–Crippen LogP) is 7.84. The Morgan fingerprint density at radius 1 is 0.818 bits per heavy atom. The second kappa shape index (κ2) is 14.3. The Kier molecular flexibility index (Phi) is 9.86. The zero-order chi connectivity index (χ0) is 30.9. The van der Waals surface area contributed by atoms with Gasteiger partial charge in [-0.2, -0.15) is 5.21 Å². The van der Waals surface area contributed by atoms with Crippen molar-refractivity contribution in [1.82, 2.24) is 20.6 Å². The van der Waals surface area contributed by atoms with Crippen LogP contribution in [0.4, 0.5) is 16.2 Å². The van der Waals surface area contributed by atoms with Gasteiger partial charge in [0.1, 0.15) is 18.1 Å². The van der Waals surface area contributed by atoms with Gasteiger partial charge < -0.3 is 14.4 Å². The van der Waals surface area contributed by atoms with E-state index < -0.39 is 6.09 Å². The van der Waals surface area contributed by atoms with Crippen LogP contribution in [0.1, 0.15) is 33.3 Å². The van der Waals surface area contributed by atoms with Crippen LogP contribution < -0.4 is 19.7 Å². The number of nitrogens with one attached hydrogen (secondary N) is 2. The third-order valence-electron chi connectivity index (χ3n) is 6.85. The van der Waals surface area contributed by atoms with Crippen molar-refractivity contribution in [3.05, 3.63) is 103 Å². The average molecular weight is 591 g/mol. The van der Waals surface area contributed by atoms with Gasteiger partial charge in [-0.3, -0.25) is 5.32 Å². The molecule has 1 aromatic heterocycles. The van der Waals surface area contributed by atoms with Gasteiger partial charge in [0.2, 0.25) is 5.82 Å². The molecule has 1 heterocycles. The number of tetrazole rings is 1. The van der Waals surface area contributed by atoms with Gasteiger partial charge in [0.05, 0.1) is 11.4 Å². The van der Waals surface area contributed by atoms with E-state index in [0.717, 1.165) is 41.0 Å². The fourth-order valence-electron chi connectivity index (χ4n) is 5.03. The Bertz CT molecular complexity index is 1630. The summed E-state index contributed by atoms with van der Waals surface area (Å²) < 4.78 is 11.6. The predicted molar refractivity (Wildman–Crippen MR) is 174 cm³/mol. The molecule has 0 atom stereocenters. The Balaban J connectivity index is 1.39. The molecule has 2 N–H and O–H groups in total. The van der Waals surface area contributed by atoms with E-state index in [-0.39, 0.29) is 0 Å². The van der Waals surface area contributed by atoms with Gasteiger partial charge in [-0.1, -0.05) is 88.4 Å². The molecule has 0 unspecified atom stereocenters. The first-order valence-electron chi connectivity index (χ1n) is 14.8. The van der Waals surface area contributed by atoms with Crippen LogP contribution in [0.3, 0.4) is 0 Å².